The van der Waals surface area contributed by atoms with Crippen LogP contribution in [-0.4, -0.2) is 60.0 Å². The lowest BCUT2D eigenvalue weighted by atomic mass is 10.2. The summed E-state index contributed by atoms with van der Waals surface area (Å²) in [5, 5.41) is 3.84. The molecule has 1 saturated heterocycles. The standard InChI is InChI=1S/C23H27N5OS/c1-17-6-5-7-19(16-17)28-14-12-27(13-15-28)11-10-25-22(29)21-18(2)26-23(30-21)20-8-3-4-9-24-20/h3-9,16H,10-15H2,1-2H3,(H,25,29). The average Bonchev–Trinajstić information content (AvgIpc) is 3.16. The van der Waals surface area contributed by atoms with Crippen LogP contribution in [0.1, 0.15) is 20.9 Å². The van der Waals surface area contributed by atoms with Gasteiger partial charge in [-0.1, -0.05) is 18.2 Å². The second-order valence-corrected chi connectivity index (χ2v) is 8.57. The Morgan fingerprint density at radius 3 is 2.67 bits per heavy atom. The van der Waals surface area contributed by atoms with Crippen molar-refractivity contribution >= 4 is 22.9 Å². The Morgan fingerprint density at radius 2 is 1.93 bits per heavy atom. The summed E-state index contributed by atoms with van der Waals surface area (Å²) in [5.74, 6) is -0.0504. The van der Waals surface area contributed by atoms with Crippen LogP contribution in [0.15, 0.2) is 48.7 Å². The van der Waals surface area contributed by atoms with E-state index in [4.69, 9.17) is 0 Å². The lowest BCUT2D eigenvalue weighted by Gasteiger charge is -2.36. The third-order valence-electron chi connectivity index (χ3n) is 5.34. The molecule has 6 nitrogen and oxygen atoms in total. The minimum atomic E-state index is -0.0504. The summed E-state index contributed by atoms with van der Waals surface area (Å²) in [4.78, 5) is 27.0. The molecule has 1 aliphatic heterocycles. The van der Waals surface area contributed by atoms with Crippen LogP contribution in [0.2, 0.25) is 0 Å². The number of anilines is 1. The number of aryl methyl sites for hydroxylation is 2. The molecule has 1 fully saturated rings. The normalized spacial score (nSPS) is 14.7. The molecule has 1 aromatic carbocycles. The molecular weight excluding hydrogens is 394 g/mol. The van der Waals surface area contributed by atoms with E-state index in [1.807, 2.05) is 25.1 Å². The Bertz CT molecular complexity index is 996. The van der Waals surface area contributed by atoms with Crippen molar-refractivity contribution < 1.29 is 4.79 Å². The van der Waals surface area contributed by atoms with Crippen molar-refractivity contribution in [3.8, 4) is 10.7 Å². The average molecular weight is 422 g/mol. The first-order chi connectivity index (χ1) is 14.6. The predicted molar refractivity (Wildman–Crippen MR) is 122 cm³/mol. The second-order valence-electron chi connectivity index (χ2n) is 7.57. The number of hydrogen-bond acceptors (Lipinski definition) is 6. The van der Waals surface area contributed by atoms with Gasteiger partial charge in [-0.15, -0.1) is 11.3 Å². The fourth-order valence-electron chi connectivity index (χ4n) is 3.67. The summed E-state index contributed by atoms with van der Waals surface area (Å²) in [7, 11) is 0. The van der Waals surface area contributed by atoms with Crippen molar-refractivity contribution in [2.24, 2.45) is 0 Å². The van der Waals surface area contributed by atoms with E-state index in [-0.39, 0.29) is 5.91 Å². The number of carbonyl (C=O) groups is 1. The molecule has 0 radical (unpaired) electrons. The lowest BCUT2D eigenvalue weighted by Crippen LogP contribution is -2.48. The number of thiazole rings is 1. The van der Waals surface area contributed by atoms with Gasteiger partial charge in [-0.3, -0.25) is 14.7 Å². The fraction of sp³-hybridized carbons (Fsp3) is 0.348. The van der Waals surface area contributed by atoms with Crippen LogP contribution in [0.25, 0.3) is 10.7 Å². The predicted octanol–water partition coefficient (Wildman–Crippen LogP) is 3.37. The van der Waals surface area contributed by atoms with E-state index < -0.39 is 0 Å². The molecule has 4 rings (SSSR count). The lowest BCUT2D eigenvalue weighted by molar-refractivity contribution is 0.0951. The molecule has 0 aliphatic carbocycles. The zero-order valence-corrected chi connectivity index (χ0v) is 18.3. The van der Waals surface area contributed by atoms with Gasteiger partial charge in [-0.25, -0.2) is 4.98 Å². The highest BCUT2D eigenvalue weighted by atomic mass is 32.1. The maximum Gasteiger partial charge on any atom is 0.263 e. The number of rotatable bonds is 6. The van der Waals surface area contributed by atoms with Crippen molar-refractivity contribution in [3.63, 3.8) is 0 Å². The first-order valence-corrected chi connectivity index (χ1v) is 11.1. The van der Waals surface area contributed by atoms with Crippen LogP contribution >= 0.6 is 11.3 Å². The van der Waals surface area contributed by atoms with Gasteiger partial charge in [0.2, 0.25) is 0 Å². The molecule has 0 atom stereocenters. The quantitative estimate of drug-likeness (QED) is 0.661. The summed E-state index contributed by atoms with van der Waals surface area (Å²) in [6, 6.07) is 14.4. The molecule has 1 aliphatic rings. The molecule has 7 heteroatoms. The first-order valence-electron chi connectivity index (χ1n) is 10.3. The molecule has 0 saturated carbocycles. The maximum atomic E-state index is 12.6. The molecule has 0 unspecified atom stereocenters. The summed E-state index contributed by atoms with van der Waals surface area (Å²) >= 11 is 1.40. The van der Waals surface area contributed by atoms with Gasteiger partial charge in [0.25, 0.3) is 5.91 Å². The smallest absolute Gasteiger partial charge is 0.263 e. The fourth-order valence-corrected chi connectivity index (χ4v) is 4.63. The van der Waals surface area contributed by atoms with Crippen molar-refractivity contribution in [2.45, 2.75) is 13.8 Å². The molecule has 30 heavy (non-hydrogen) atoms. The van der Waals surface area contributed by atoms with Crippen molar-refractivity contribution in [1.29, 1.82) is 0 Å². The van der Waals surface area contributed by atoms with Gasteiger partial charge in [-0.05, 0) is 43.7 Å². The summed E-state index contributed by atoms with van der Waals surface area (Å²) in [6.07, 6.45) is 1.74. The van der Waals surface area contributed by atoms with Gasteiger partial charge in [0.1, 0.15) is 9.88 Å². The third kappa shape index (κ3) is 4.86. The molecule has 3 heterocycles. The second kappa shape index (κ2) is 9.36. The SMILES string of the molecule is Cc1cccc(N2CCN(CCNC(=O)c3sc(-c4ccccn4)nc3C)CC2)c1. The molecule has 0 bridgehead atoms. The Kier molecular flexibility index (Phi) is 6.40. The Balaban J connectivity index is 1.25. The van der Waals surface area contributed by atoms with E-state index in [1.165, 1.54) is 22.6 Å². The van der Waals surface area contributed by atoms with Crippen LogP contribution < -0.4 is 10.2 Å². The Morgan fingerprint density at radius 1 is 1.10 bits per heavy atom. The van der Waals surface area contributed by atoms with Crippen molar-refractivity contribution in [2.75, 3.05) is 44.2 Å². The molecule has 0 spiro atoms. The van der Waals surface area contributed by atoms with Gasteiger partial charge in [0, 0.05) is 51.2 Å². The van der Waals surface area contributed by atoms with Gasteiger partial charge < -0.3 is 10.2 Å². The number of carbonyl (C=O) groups excluding carboxylic acids is 1. The van der Waals surface area contributed by atoms with Crippen LogP contribution in [0.4, 0.5) is 5.69 Å². The van der Waals surface area contributed by atoms with Crippen LogP contribution in [0.3, 0.4) is 0 Å². The van der Waals surface area contributed by atoms with Gasteiger partial charge >= 0.3 is 0 Å². The maximum absolute atomic E-state index is 12.6. The first kappa shape index (κ1) is 20.5. The van der Waals surface area contributed by atoms with E-state index in [0.717, 1.165) is 49.1 Å². The Labute approximate surface area is 181 Å². The Hall–Kier alpha value is -2.77. The highest BCUT2D eigenvalue weighted by Gasteiger charge is 2.19. The van der Waals surface area contributed by atoms with Crippen LogP contribution in [0, 0.1) is 13.8 Å². The summed E-state index contributed by atoms with van der Waals surface area (Å²) < 4.78 is 0. The minimum absolute atomic E-state index is 0.0504. The van der Waals surface area contributed by atoms with Gasteiger partial charge in [0.05, 0.1) is 11.4 Å². The molecular formula is C23H27N5OS. The molecule has 156 valence electrons. The largest absolute Gasteiger partial charge is 0.369 e. The highest BCUT2D eigenvalue weighted by molar-refractivity contribution is 7.17. The monoisotopic (exact) mass is 421 g/mol. The zero-order chi connectivity index (χ0) is 20.9. The van der Waals surface area contributed by atoms with E-state index in [2.05, 4.69) is 56.3 Å². The number of nitrogens with zero attached hydrogens (tertiary/aromatic N) is 4. The van der Waals surface area contributed by atoms with Gasteiger partial charge in [0.15, 0.2) is 0 Å². The number of hydrogen-bond donors (Lipinski definition) is 1. The van der Waals surface area contributed by atoms with E-state index in [0.29, 0.717) is 11.4 Å². The minimum Gasteiger partial charge on any atom is -0.369 e. The highest BCUT2D eigenvalue weighted by Crippen LogP contribution is 2.26. The number of nitrogens with one attached hydrogen (secondary N) is 1. The molecule has 1 N–H and O–H groups in total. The molecule has 3 aromatic rings. The van der Waals surface area contributed by atoms with Crippen LogP contribution in [0.5, 0.6) is 0 Å². The van der Waals surface area contributed by atoms with E-state index >= 15 is 0 Å². The molecule has 1 amide bonds. The van der Waals surface area contributed by atoms with Gasteiger partial charge in [-0.2, -0.15) is 0 Å². The van der Waals surface area contributed by atoms with E-state index in [1.54, 1.807) is 6.20 Å². The third-order valence-corrected chi connectivity index (χ3v) is 6.52. The summed E-state index contributed by atoms with van der Waals surface area (Å²) in [6.45, 7) is 9.55. The zero-order valence-electron chi connectivity index (χ0n) is 17.5. The van der Waals surface area contributed by atoms with E-state index in [9.17, 15) is 4.79 Å². The summed E-state index contributed by atoms with van der Waals surface area (Å²) in [5.41, 5.74) is 4.15. The number of aromatic nitrogens is 2. The topological polar surface area (TPSA) is 61.4 Å². The van der Waals surface area contributed by atoms with Crippen molar-refractivity contribution in [1.82, 2.24) is 20.2 Å². The molecule has 2 aromatic heterocycles. The number of piperazine rings is 1. The number of pyridine rings is 1. The number of benzene rings is 1. The van der Waals surface area contributed by atoms with Crippen molar-refractivity contribution in [3.05, 3.63) is 64.8 Å². The number of amides is 1. The van der Waals surface area contributed by atoms with Crippen LogP contribution in [-0.2, 0) is 0 Å².